The predicted octanol–water partition coefficient (Wildman–Crippen LogP) is 2.77. The third kappa shape index (κ3) is 4.72. The topological polar surface area (TPSA) is 85.9 Å². The maximum Gasteiger partial charge on any atom is 0.262 e. The second-order valence-electron chi connectivity index (χ2n) is 4.50. The van der Waals surface area contributed by atoms with E-state index in [4.69, 9.17) is 15.3 Å². The predicted molar refractivity (Wildman–Crippen MR) is 93.0 cm³/mol. The minimum absolute atomic E-state index is 0.148. The fraction of sp³-hybridized carbons (Fsp3) is 0.125. The first kappa shape index (κ1) is 16.8. The van der Waals surface area contributed by atoms with Gasteiger partial charge in [-0.3, -0.25) is 4.79 Å². The van der Waals surface area contributed by atoms with Gasteiger partial charge in [0.25, 0.3) is 5.91 Å². The number of hydrogen-bond acceptors (Lipinski definition) is 5. The number of nitrogens with one attached hydrogen (secondary N) is 1. The number of para-hydroxylation sites is 2. The van der Waals surface area contributed by atoms with Crippen LogP contribution in [-0.2, 0) is 4.79 Å². The number of rotatable bonds is 6. The Morgan fingerprint density at radius 1 is 1.30 bits per heavy atom. The molecule has 2 rings (SSSR count). The Hall–Kier alpha value is -2.54. The lowest BCUT2D eigenvalue weighted by Crippen LogP contribution is -2.20. The molecule has 2 aromatic rings. The molecule has 0 atom stereocenters. The Bertz CT molecular complexity index is 719. The SMILES string of the molecule is COc1ccccc1NC(=O)COc1ccc(Br)cc1C=NN. The van der Waals surface area contributed by atoms with Crippen LogP contribution in [0.1, 0.15) is 5.56 Å². The summed E-state index contributed by atoms with van der Waals surface area (Å²) in [6.07, 6.45) is 1.46. The van der Waals surface area contributed by atoms with Gasteiger partial charge in [0.05, 0.1) is 19.0 Å². The zero-order valence-corrected chi connectivity index (χ0v) is 14.0. The zero-order valence-electron chi connectivity index (χ0n) is 12.5. The first-order valence-electron chi connectivity index (χ1n) is 6.72. The summed E-state index contributed by atoms with van der Waals surface area (Å²) in [5, 5.41) is 6.22. The van der Waals surface area contributed by atoms with Gasteiger partial charge in [0.2, 0.25) is 0 Å². The highest BCUT2D eigenvalue weighted by atomic mass is 79.9. The fourth-order valence-corrected chi connectivity index (χ4v) is 2.29. The molecule has 0 saturated heterocycles. The van der Waals surface area contributed by atoms with Crippen LogP contribution >= 0.6 is 15.9 Å². The van der Waals surface area contributed by atoms with Crippen molar-refractivity contribution in [2.45, 2.75) is 0 Å². The van der Waals surface area contributed by atoms with E-state index >= 15 is 0 Å². The molecule has 1 amide bonds. The van der Waals surface area contributed by atoms with Crippen molar-refractivity contribution in [2.24, 2.45) is 10.9 Å². The number of carbonyl (C=O) groups excluding carboxylic acids is 1. The first-order valence-corrected chi connectivity index (χ1v) is 7.52. The Morgan fingerprint density at radius 3 is 2.83 bits per heavy atom. The Balaban J connectivity index is 2.02. The molecule has 120 valence electrons. The highest BCUT2D eigenvalue weighted by molar-refractivity contribution is 9.10. The van der Waals surface area contributed by atoms with Crippen LogP contribution in [-0.4, -0.2) is 25.8 Å². The van der Waals surface area contributed by atoms with Gasteiger partial charge in [-0.15, -0.1) is 0 Å². The number of benzene rings is 2. The van der Waals surface area contributed by atoms with Crippen LogP contribution in [0.2, 0.25) is 0 Å². The van der Waals surface area contributed by atoms with Crippen LogP contribution in [0.4, 0.5) is 5.69 Å². The number of methoxy groups -OCH3 is 1. The molecule has 0 unspecified atom stereocenters. The average Bonchev–Trinajstić information content (AvgIpc) is 2.55. The number of halogens is 1. The van der Waals surface area contributed by atoms with Gasteiger partial charge < -0.3 is 20.6 Å². The maximum absolute atomic E-state index is 12.0. The number of anilines is 1. The number of nitrogens with zero attached hydrogens (tertiary/aromatic N) is 1. The van der Waals surface area contributed by atoms with Gasteiger partial charge in [-0.05, 0) is 30.3 Å². The van der Waals surface area contributed by atoms with Crippen LogP contribution in [0.25, 0.3) is 0 Å². The Labute approximate surface area is 142 Å². The minimum Gasteiger partial charge on any atom is -0.495 e. The summed E-state index contributed by atoms with van der Waals surface area (Å²) in [4.78, 5) is 12.0. The maximum atomic E-state index is 12.0. The van der Waals surface area contributed by atoms with Crippen LogP contribution in [0.3, 0.4) is 0 Å². The number of hydrazone groups is 1. The molecule has 0 fully saturated rings. The number of carbonyl (C=O) groups is 1. The molecule has 0 radical (unpaired) electrons. The summed E-state index contributed by atoms with van der Waals surface area (Å²) < 4.78 is 11.6. The molecule has 6 nitrogen and oxygen atoms in total. The second kappa shape index (κ2) is 8.19. The molecule has 23 heavy (non-hydrogen) atoms. The highest BCUT2D eigenvalue weighted by Crippen LogP contribution is 2.24. The Kier molecular flexibility index (Phi) is 5.99. The van der Waals surface area contributed by atoms with E-state index in [2.05, 4.69) is 26.3 Å². The lowest BCUT2D eigenvalue weighted by atomic mass is 10.2. The molecular formula is C16H16BrN3O3. The van der Waals surface area contributed by atoms with Crippen molar-refractivity contribution in [3.8, 4) is 11.5 Å². The van der Waals surface area contributed by atoms with E-state index in [1.165, 1.54) is 6.21 Å². The minimum atomic E-state index is -0.298. The second-order valence-corrected chi connectivity index (χ2v) is 5.41. The van der Waals surface area contributed by atoms with Crippen molar-refractivity contribution in [3.63, 3.8) is 0 Å². The smallest absolute Gasteiger partial charge is 0.262 e. The van der Waals surface area contributed by atoms with E-state index in [1.807, 2.05) is 12.1 Å². The quantitative estimate of drug-likeness (QED) is 0.460. The van der Waals surface area contributed by atoms with Crippen LogP contribution in [0.15, 0.2) is 52.0 Å². The summed E-state index contributed by atoms with van der Waals surface area (Å²) in [6, 6.07) is 12.5. The normalized spacial score (nSPS) is 10.5. The van der Waals surface area contributed by atoms with Gasteiger partial charge in [0.15, 0.2) is 6.61 Å². The molecule has 0 spiro atoms. The largest absolute Gasteiger partial charge is 0.495 e. The molecule has 2 aromatic carbocycles. The molecule has 0 saturated carbocycles. The number of amides is 1. The molecule has 0 aliphatic rings. The van der Waals surface area contributed by atoms with Crippen molar-refractivity contribution in [1.29, 1.82) is 0 Å². The van der Waals surface area contributed by atoms with Crippen LogP contribution < -0.4 is 20.6 Å². The molecule has 0 heterocycles. The number of hydrogen-bond donors (Lipinski definition) is 2. The standard InChI is InChI=1S/C16H16BrN3O3/c1-22-15-5-3-2-4-13(15)20-16(21)10-23-14-7-6-12(17)8-11(14)9-19-18/h2-9H,10,18H2,1H3,(H,20,21). The lowest BCUT2D eigenvalue weighted by molar-refractivity contribution is -0.118. The van der Waals surface area contributed by atoms with Crippen LogP contribution in [0, 0.1) is 0 Å². The van der Waals surface area contributed by atoms with E-state index in [1.54, 1.807) is 37.4 Å². The van der Waals surface area contributed by atoms with Crippen molar-refractivity contribution >= 4 is 33.7 Å². The third-order valence-corrected chi connectivity index (χ3v) is 3.42. The zero-order chi connectivity index (χ0) is 16.7. The van der Waals surface area contributed by atoms with Crippen molar-refractivity contribution in [1.82, 2.24) is 0 Å². The van der Waals surface area contributed by atoms with E-state index in [0.29, 0.717) is 22.7 Å². The lowest BCUT2D eigenvalue weighted by Gasteiger charge is -2.11. The fourth-order valence-electron chi connectivity index (χ4n) is 1.91. The third-order valence-electron chi connectivity index (χ3n) is 2.93. The van der Waals surface area contributed by atoms with E-state index in [-0.39, 0.29) is 12.5 Å². The van der Waals surface area contributed by atoms with Gasteiger partial charge in [0.1, 0.15) is 11.5 Å². The summed E-state index contributed by atoms with van der Waals surface area (Å²) in [5.41, 5.74) is 1.26. The van der Waals surface area contributed by atoms with E-state index in [9.17, 15) is 4.79 Å². The monoisotopic (exact) mass is 377 g/mol. The van der Waals surface area contributed by atoms with E-state index in [0.717, 1.165) is 4.47 Å². The van der Waals surface area contributed by atoms with Gasteiger partial charge in [-0.25, -0.2) is 0 Å². The average molecular weight is 378 g/mol. The van der Waals surface area contributed by atoms with Gasteiger partial charge >= 0.3 is 0 Å². The van der Waals surface area contributed by atoms with Crippen LogP contribution in [0.5, 0.6) is 11.5 Å². The van der Waals surface area contributed by atoms with Crippen molar-refractivity contribution in [2.75, 3.05) is 19.0 Å². The summed E-state index contributed by atoms with van der Waals surface area (Å²) in [6.45, 7) is -0.148. The van der Waals surface area contributed by atoms with Gasteiger partial charge in [-0.1, -0.05) is 28.1 Å². The molecule has 0 aliphatic carbocycles. The van der Waals surface area contributed by atoms with Gasteiger partial charge in [-0.2, -0.15) is 5.10 Å². The molecular weight excluding hydrogens is 362 g/mol. The molecule has 0 aromatic heterocycles. The molecule has 3 N–H and O–H groups in total. The molecule has 0 aliphatic heterocycles. The Morgan fingerprint density at radius 2 is 2.09 bits per heavy atom. The first-order chi connectivity index (χ1) is 11.1. The summed E-state index contributed by atoms with van der Waals surface area (Å²) >= 11 is 3.36. The number of ether oxygens (including phenoxy) is 2. The summed E-state index contributed by atoms with van der Waals surface area (Å²) in [7, 11) is 1.54. The highest BCUT2D eigenvalue weighted by Gasteiger charge is 2.09. The molecule has 0 bridgehead atoms. The van der Waals surface area contributed by atoms with Crippen molar-refractivity contribution in [3.05, 3.63) is 52.5 Å². The van der Waals surface area contributed by atoms with E-state index < -0.39 is 0 Å². The van der Waals surface area contributed by atoms with Gasteiger partial charge in [0, 0.05) is 10.0 Å². The number of nitrogens with two attached hydrogens (primary N) is 1. The molecule has 7 heteroatoms. The summed E-state index contributed by atoms with van der Waals surface area (Å²) in [5.74, 6) is 5.97. The van der Waals surface area contributed by atoms with Crippen molar-refractivity contribution < 1.29 is 14.3 Å².